The molecule has 0 bridgehead atoms. The van der Waals surface area contributed by atoms with E-state index in [9.17, 15) is 10.0 Å². The third-order valence-corrected chi connectivity index (χ3v) is 1.30. The summed E-state index contributed by atoms with van der Waals surface area (Å²) < 4.78 is 4.51. The molecule has 0 saturated heterocycles. The summed E-state index contributed by atoms with van der Waals surface area (Å²) in [6.45, 7) is 0.120. The Morgan fingerprint density at radius 2 is 2.08 bits per heavy atom. The molecule has 1 aromatic rings. The van der Waals surface area contributed by atoms with Crippen molar-refractivity contribution in [2.24, 2.45) is 0 Å². The lowest BCUT2D eigenvalue weighted by Crippen LogP contribution is -2.16. The lowest BCUT2D eigenvalue weighted by Gasteiger charge is -2.08. The molecule has 0 unspecified atom stereocenters. The van der Waals surface area contributed by atoms with E-state index in [0.717, 1.165) is 11.0 Å². The van der Waals surface area contributed by atoms with Gasteiger partial charge in [-0.15, -0.1) is 0 Å². The molecule has 0 atom stereocenters. The van der Waals surface area contributed by atoms with Crippen LogP contribution in [0.25, 0.3) is 0 Å². The number of carbonyl (C=O) groups excluding carboxylic acids is 1. The van der Waals surface area contributed by atoms with Crippen molar-refractivity contribution in [3.05, 3.63) is 41.1 Å². The maximum absolute atomic E-state index is 10.3. The standard InChI is InChI=1S/C8H8NO3/c10-8(9-11)12-6-7-4-2-1-3-5-7/h1-5H,6H2,(H-,9,10,11)/q-1. The first kappa shape index (κ1) is 8.55. The fraction of sp³-hybridized carbons (Fsp3) is 0.125. The lowest BCUT2D eigenvalue weighted by molar-refractivity contribution is 0.143. The second kappa shape index (κ2) is 4.35. The Hall–Kier alpha value is -1.55. The first-order valence-corrected chi connectivity index (χ1v) is 3.42. The molecule has 1 amide bonds. The fourth-order valence-corrected chi connectivity index (χ4v) is 0.753. The average Bonchev–Trinajstić information content (AvgIpc) is 2.16. The van der Waals surface area contributed by atoms with Crippen LogP contribution < -0.4 is 5.48 Å². The van der Waals surface area contributed by atoms with Crippen molar-refractivity contribution in [1.29, 1.82) is 0 Å². The van der Waals surface area contributed by atoms with E-state index in [1.54, 1.807) is 12.1 Å². The Morgan fingerprint density at radius 1 is 1.42 bits per heavy atom. The normalized spacial score (nSPS) is 9.08. The quantitative estimate of drug-likeness (QED) is 0.675. The monoisotopic (exact) mass is 166 g/mol. The van der Waals surface area contributed by atoms with Gasteiger partial charge in [0.1, 0.15) is 6.61 Å². The van der Waals surface area contributed by atoms with E-state index in [1.165, 1.54) is 0 Å². The Balaban J connectivity index is 2.38. The highest BCUT2D eigenvalue weighted by Crippen LogP contribution is 1.99. The lowest BCUT2D eigenvalue weighted by atomic mass is 10.2. The zero-order valence-corrected chi connectivity index (χ0v) is 6.32. The Bertz CT molecular complexity index is 248. The van der Waals surface area contributed by atoms with Gasteiger partial charge in [-0.3, -0.25) is 0 Å². The second-order valence-electron chi connectivity index (χ2n) is 2.16. The van der Waals surface area contributed by atoms with Crippen molar-refractivity contribution in [2.75, 3.05) is 0 Å². The molecule has 64 valence electrons. The number of amides is 1. The van der Waals surface area contributed by atoms with Gasteiger partial charge in [-0.05, 0) is 5.56 Å². The molecule has 1 rings (SSSR count). The molecule has 0 spiro atoms. The molecule has 0 heterocycles. The van der Waals surface area contributed by atoms with Crippen molar-refractivity contribution in [3.63, 3.8) is 0 Å². The highest BCUT2D eigenvalue weighted by molar-refractivity contribution is 5.67. The van der Waals surface area contributed by atoms with E-state index in [4.69, 9.17) is 0 Å². The van der Waals surface area contributed by atoms with Gasteiger partial charge in [-0.2, -0.15) is 0 Å². The van der Waals surface area contributed by atoms with Crippen LogP contribution in [0.15, 0.2) is 30.3 Å². The molecule has 4 nitrogen and oxygen atoms in total. The topological polar surface area (TPSA) is 61.4 Å². The predicted octanol–water partition coefficient (Wildman–Crippen LogP) is 1.41. The van der Waals surface area contributed by atoms with Crippen molar-refractivity contribution in [2.45, 2.75) is 6.61 Å². The summed E-state index contributed by atoms with van der Waals surface area (Å²) in [4.78, 5) is 10.3. The number of benzene rings is 1. The van der Waals surface area contributed by atoms with Gasteiger partial charge in [0.2, 0.25) is 0 Å². The minimum atomic E-state index is -0.959. The van der Waals surface area contributed by atoms with Crippen LogP contribution in [0.5, 0.6) is 0 Å². The van der Waals surface area contributed by atoms with E-state index in [-0.39, 0.29) is 6.61 Å². The largest absolute Gasteiger partial charge is 0.756 e. The Morgan fingerprint density at radius 3 is 2.67 bits per heavy atom. The van der Waals surface area contributed by atoms with Crippen LogP contribution in [0.3, 0.4) is 0 Å². The molecule has 0 radical (unpaired) electrons. The summed E-state index contributed by atoms with van der Waals surface area (Å²) in [5.41, 5.74) is 1.97. The molecule has 0 fully saturated rings. The van der Waals surface area contributed by atoms with Crippen LogP contribution in [-0.4, -0.2) is 6.09 Å². The zero-order valence-electron chi connectivity index (χ0n) is 6.32. The average molecular weight is 166 g/mol. The van der Waals surface area contributed by atoms with Gasteiger partial charge >= 0.3 is 6.09 Å². The highest BCUT2D eigenvalue weighted by atomic mass is 16.6. The molecular formula is C8H8NO3-. The summed E-state index contributed by atoms with van der Waals surface area (Å²) in [6.07, 6.45) is -0.959. The smallest absolute Gasteiger partial charge is 0.396 e. The van der Waals surface area contributed by atoms with Gasteiger partial charge in [-0.25, -0.2) is 4.79 Å². The first-order valence-electron chi connectivity index (χ1n) is 3.42. The van der Waals surface area contributed by atoms with Crippen LogP contribution in [0, 0.1) is 5.21 Å². The van der Waals surface area contributed by atoms with Gasteiger partial charge in [0.15, 0.2) is 0 Å². The van der Waals surface area contributed by atoms with Gasteiger partial charge in [0.05, 0.1) is 0 Å². The van der Waals surface area contributed by atoms with Crippen LogP contribution in [0.4, 0.5) is 4.79 Å². The summed E-state index contributed by atoms with van der Waals surface area (Å²) in [6, 6.07) is 9.12. The van der Waals surface area contributed by atoms with Crippen molar-refractivity contribution in [1.82, 2.24) is 5.48 Å². The molecule has 0 aliphatic carbocycles. The summed E-state index contributed by atoms with van der Waals surface area (Å²) >= 11 is 0. The number of carbonyl (C=O) groups is 1. The molecule has 1 N–H and O–H groups in total. The first-order chi connectivity index (χ1) is 5.83. The molecule has 4 heteroatoms. The number of nitrogens with one attached hydrogen (secondary N) is 1. The van der Waals surface area contributed by atoms with E-state index < -0.39 is 6.09 Å². The third kappa shape index (κ3) is 2.59. The van der Waals surface area contributed by atoms with E-state index in [0.29, 0.717) is 0 Å². The molecule has 1 aromatic carbocycles. The molecule has 0 aromatic heterocycles. The minimum absolute atomic E-state index is 0.120. The van der Waals surface area contributed by atoms with Crippen molar-refractivity contribution in [3.8, 4) is 0 Å². The van der Waals surface area contributed by atoms with E-state index in [2.05, 4.69) is 4.74 Å². The highest BCUT2D eigenvalue weighted by Gasteiger charge is 1.95. The van der Waals surface area contributed by atoms with Crippen LogP contribution in [-0.2, 0) is 11.3 Å². The summed E-state index contributed by atoms with van der Waals surface area (Å²) in [5, 5.41) is 9.73. The summed E-state index contributed by atoms with van der Waals surface area (Å²) in [7, 11) is 0. The fourth-order valence-electron chi connectivity index (χ4n) is 0.753. The van der Waals surface area contributed by atoms with E-state index >= 15 is 0 Å². The van der Waals surface area contributed by atoms with Crippen LogP contribution in [0.1, 0.15) is 5.56 Å². The summed E-state index contributed by atoms with van der Waals surface area (Å²) in [5.74, 6) is 0. The maximum atomic E-state index is 10.3. The van der Waals surface area contributed by atoms with Gasteiger partial charge in [0, 0.05) is 0 Å². The number of hydrogen-bond donors (Lipinski definition) is 1. The number of hydrogen-bond acceptors (Lipinski definition) is 3. The van der Waals surface area contributed by atoms with E-state index in [1.807, 2.05) is 18.2 Å². The predicted molar refractivity (Wildman–Crippen MR) is 43.1 cm³/mol. The van der Waals surface area contributed by atoms with Gasteiger partial charge < -0.3 is 15.4 Å². The molecule has 12 heavy (non-hydrogen) atoms. The second-order valence-corrected chi connectivity index (χ2v) is 2.16. The number of hydroxylamine groups is 1. The molecule has 0 aliphatic rings. The van der Waals surface area contributed by atoms with Gasteiger partial charge in [0.25, 0.3) is 0 Å². The van der Waals surface area contributed by atoms with Crippen molar-refractivity contribution < 1.29 is 9.53 Å². The van der Waals surface area contributed by atoms with Gasteiger partial charge in [-0.1, -0.05) is 30.3 Å². The SMILES string of the molecule is O=C(N[O-])OCc1ccccc1. The molecule has 0 saturated carbocycles. The molecular weight excluding hydrogens is 158 g/mol. The van der Waals surface area contributed by atoms with Crippen molar-refractivity contribution >= 4 is 6.09 Å². The minimum Gasteiger partial charge on any atom is -0.756 e. The maximum Gasteiger partial charge on any atom is 0.396 e. The number of ether oxygens (including phenoxy) is 1. The van der Waals surface area contributed by atoms with Crippen LogP contribution >= 0.6 is 0 Å². The molecule has 0 aliphatic heterocycles. The number of rotatable bonds is 2. The third-order valence-electron chi connectivity index (χ3n) is 1.30. The van der Waals surface area contributed by atoms with Crippen LogP contribution in [0.2, 0.25) is 0 Å². The Labute approximate surface area is 69.7 Å². The zero-order chi connectivity index (χ0) is 8.81. The Kier molecular flexibility index (Phi) is 3.10.